The molecular formula is C50H36. The molecule has 6 aromatic rings. The van der Waals surface area contributed by atoms with Gasteiger partial charge in [-0.2, -0.15) is 0 Å². The highest BCUT2D eigenvalue weighted by molar-refractivity contribution is 6.21. The summed E-state index contributed by atoms with van der Waals surface area (Å²) in [6.45, 7) is 9.66. The zero-order valence-electron chi connectivity index (χ0n) is 28.9. The Kier molecular flexibility index (Phi) is 4.83. The lowest BCUT2D eigenvalue weighted by atomic mass is 9.68. The van der Waals surface area contributed by atoms with E-state index in [0.717, 1.165) is 6.42 Å². The third kappa shape index (κ3) is 3.11. The highest BCUT2D eigenvalue weighted by atomic mass is 14.4. The van der Waals surface area contributed by atoms with Gasteiger partial charge < -0.3 is 0 Å². The summed E-state index contributed by atoms with van der Waals surface area (Å²) < 4.78 is 0. The van der Waals surface area contributed by atoms with E-state index in [1.54, 1.807) is 0 Å². The molecule has 6 aliphatic carbocycles. The summed E-state index contributed by atoms with van der Waals surface area (Å²) in [5.41, 5.74) is 26.6. The van der Waals surface area contributed by atoms with Gasteiger partial charge in [0.15, 0.2) is 0 Å². The number of hydrogen-bond donors (Lipinski definition) is 0. The molecule has 0 saturated heterocycles. The van der Waals surface area contributed by atoms with Gasteiger partial charge in [0.2, 0.25) is 0 Å². The SMILES string of the molecule is CC1(C)c2cc(-c3ccc4c5c3C=CC3=CC=CC(=CC4)C35)ccc2-c2cc3c(cc21)-c1ccc2c4c(ccc-3c14)C(C)(C)c1ccccc1-2. The van der Waals surface area contributed by atoms with Crippen LogP contribution < -0.4 is 0 Å². The predicted octanol–water partition coefficient (Wildman–Crippen LogP) is 12.9. The van der Waals surface area contributed by atoms with E-state index in [-0.39, 0.29) is 10.8 Å². The van der Waals surface area contributed by atoms with Crippen LogP contribution in [0, 0.1) is 0 Å². The van der Waals surface area contributed by atoms with Crippen LogP contribution in [-0.2, 0) is 17.3 Å². The summed E-state index contributed by atoms with van der Waals surface area (Å²) in [4.78, 5) is 0. The van der Waals surface area contributed by atoms with Crippen LogP contribution in [0.2, 0.25) is 0 Å². The Morgan fingerprint density at radius 3 is 2.08 bits per heavy atom. The monoisotopic (exact) mass is 636 g/mol. The second kappa shape index (κ2) is 8.82. The van der Waals surface area contributed by atoms with Crippen molar-refractivity contribution >= 4 is 16.8 Å². The molecule has 6 aliphatic rings. The maximum atomic E-state index is 2.55. The molecule has 0 aliphatic heterocycles. The zero-order valence-corrected chi connectivity index (χ0v) is 28.9. The fourth-order valence-electron chi connectivity index (χ4n) is 10.9. The lowest BCUT2D eigenvalue weighted by Gasteiger charge is -2.35. The van der Waals surface area contributed by atoms with Crippen LogP contribution in [0.3, 0.4) is 0 Å². The Morgan fingerprint density at radius 1 is 0.500 bits per heavy atom. The average Bonchev–Trinajstić information content (AvgIpc) is 3.57. The third-order valence-electron chi connectivity index (χ3n) is 13.3. The van der Waals surface area contributed by atoms with E-state index < -0.39 is 0 Å². The van der Waals surface area contributed by atoms with Gasteiger partial charge in [0.1, 0.15) is 0 Å². The standard InChI is InChI=1S/C50H36/c1-49(2)41-11-6-5-10-32(41)35-20-21-36-39-26-44-40(25-38(39)37-22-23-42(49)48(35)47(36)37)33-18-16-30(24-43(33)50(44,3)4)31-17-14-29-13-12-27-8-7-9-28-15-19-34(31)46(29)45(27)28/h5-12,14-26,45H,13H2,1-4H3. The summed E-state index contributed by atoms with van der Waals surface area (Å²) in [6, 6.07) is 35.8. The summed E-state index contributed by atoms with van der Waals surface area (Å²) in [6.07, 6.45) is 15.0. The molecule has 0 heterocycles. The molecule has 0 N–H and O–H groups in total. The minimum atomic E-state index is -0.109. The molecule has 6 aromatic carbocycles. The highest BCUT2D eigenvalue weighted by Crippen LogP contribution is 2.59. The van der Waals surface area contributed by atoms with Gasteiger partial charge in [0, 0.05) is 16.7 Å². The Balaban J connectivity index is 1.02. The minimum Gasteiger partial charge on any atom is -0.0759 e. The second-order valence-corrected chi connectivity index (χ2v) is 16.4. The summed E-state index contributed by atoms with van der Waals surface area (Å²) in [5.74, 6) is 0.371. The van der Waals surface area contributed by atoms with Gasteiger partial charge in [-0.25, -0.2) is 0 Å². The first-order chi connectivity index (χ1) is 24.3. The second-order valence-electron chi connectivity index (χ2n) is 16.4. The van der Waals surface area contributed by atoms with Crippen molar-refractivity contribution in [1.29, 1.82) is 0 Å². The van der Waals surface area contributed by atoms with Crippen LogP contribution in [0.5, 0.6) is 0 Å². The number of benzene rings is 6. The van der Waals surface area contributed by atoms with Crippen molar-refractivity contribution in [2.24, 2.45) is 0 Å². The summed E-state index contributed by atoms with van der Waals surface area (Å²) in [7, 11) is 0. The Hall–Kier alpha value is -5.46. The molecule has 0 aromatic heterocycles. The van der Waals surface area contributed by atoms with Crippen molar-refractivity contribution < 1.29 is 0 Å². The van der Waals surface area contributed by atoms with Crippen molar-refractivity contribution in [2.45, 2.75) is 50.9 Å². The van der Waals surface area contributed by atoms with E-state index >= 15 is 0 Å². The van der Waals surface area contributed by atoms with Gasteiger partial charge >= 0.3 is 0 Å². The number of rotatable bonds is 1. The molecule has 12 rings (SSSR count). The van der Waals surface area contributed by atoms with Gasteiger partial charge in [0.25, 0.3) is 0 Å². The molecule has 0 saturated carbocycles. The molecular weight excluding hydrogens is 601 g/mol. The molecule has 0 radical (unpaired) electrons. The van der Waals surface area contributed by atoms with Crippen molar-refractivity contribution in [3.63, 3.8) is 0 Å². The lowest BCUT2D eigenvalue weighted by molar-refractivity contribution is 0.645. The van der Waals surface area contributed by atoms with Crippen molar-refractivity contribution in [3.8, 4) is 55.6 Å². The van der Waals surface area contributed by atoms with Gasteiger partial charge in [-0.15, -0.1) is 0 Å². The van der Waals surface area contributed by atoms with Crippen LogP contribution >= 0.6 is 0 Å². The van der Waals surface area contributed by atoms with Crippen LogP contribution in [-0.4, -0.2) is 0 Å². The molecule has 0 amide bonds. The van der Waals surface area contributed by atoms with E-state index in [1.807, 2.05) is 0 Å². The molecule has 50 heavy (non-hydrogen) atoms. The van der Waals surface area contributed by atoms with Crippen LogP contribution in [0.4, 0.5) is 0 Å². The van der Waals surface area contributed by atoms with Crippen LogP contribution in [0.15, 0.2) is 133 Å². The van der Waals surface area contributed by atoms with Gasteiger partial charge in [0.05, 0.1) is 0 Å². The molecule has 0 spiro atoms. The molecule has 0 bridgehead atoms. The third-order valence-corrected chi connectivity index (χ3v) is 13.3. The summed E-state index contributed by atoms with van der Waals surface area (Å²) in [5, 5.41) is 2.88. The Bertz CT molecular complexity index is 2770. The van der Waals surface area contributed by atoms with Crippen molar-refractivity contribution in [2.75, 3.05) is 0 Å². The minimum absolute atomic E-state index is 0.0479. The Morgan fingerprint density at radius 2 is 1.20 bits per heavy atom. The predicted molar refractivity (Wildman–Crippen MR) is 210 cm³/mol. The maximum Gasteiger partial charge on any atom is 0.0345 e. The first-order valence-electron chi connectivity index (χ1n) is 18.3. The van der Waals surface area contributed by atoms with E-state index in [1.165, 1.54) is 116 Å². The molecule has 0 nitrogen and oxygen atoms in total. The molecule has 0 heteroatoms. The van der Waals surface area contributed by atoms with Gasteiger partial charge in [-0.1, -0.05) is 137 Å². The fourth-order valence-corrected chi connectivity index (χ4v) is 10.9. The maximum absolute atomic E-state index is 2.55. The van der Waals surface area contributed by atoms with Crippen molar-refractivity contribution in [1.82, 2.24) is 0 Å². The van der Waals surface area contributed by atoms with E-state index in [4.69, 9.17) is 0 Å². The van der Waals surface area contributed by atoms with Gasteiger partial charge in [-0.05, 0) is 141 Å². The van der Waals surface area contributed by atoms with Crippen LogP contribution in [0.25, 0.3) is 72.5 Å². The number of allylic oxidation sites excluding steroid dienone is 7. The summed E-state index contributed by atoms with van der Waals surface area (Å²) >= 11 is 0. The van der Waals surface area contributed by atoms with E-state index in [9.17, 15) is 0 Å². The largest absolute Gasteiger partial charge is 0.0759 e. The van der Waals surface area contributed by atoms with E-state index in [0.29, 0.717) is 5.92 Å². The first kappa shape index (κ1) is 27.4. The molecule has 1 unspecified atom stereocenters. The number of hydrogen-bond acceptors (Lipinski definition) is 0. The van der Waals surface area contributed by atoms with E-state index in [2.05, 4.69) is 155 Å². The lowest BCUT2D eigenvalue weighted by Crippen LogP contribution is -2.23. The first-order valence-corrected chi connectivity index (χ1v) is 18.3. The molecule has 0 fully saturated rings. The number of fused-ring (bicyclic) bond motifs is 8. The topological polar surface area (TPSA) is 0 Å². The van der Waals surface area contributed by atoms with Gasteiger partial charge in [-0.3, -0.25) is 0 Å². The fraction of sp³-hybridized carbons (Fsp3) is 0.160. The molecule has 1 atom stereocenters. The normalized spacial score (nSPS) is 19.3. The highest BCUT2D eigenvalue weighted by Gasteiger charge is 2.40. The van der Waals surface area contributed by atoms with Crippen molar-refractivity contribution in [3.05, 3.63) is 171 Å². The smallest absolute Gasteiger partial charge is 0.0345 e. The quantitative estimate of drug-likeness (QED) is 0.168. The Labute approximate surface area is 293 Å². The average molecular weight is 637 g/mol. The van der Waals surface area contributed by atoms with Crippen LogP contribution in [0.1, 0.15) is 72.6 Å². The zero-order chi connectivity index (χ0) is 33.3. The molecule has 236 valence electrons.